The Kier molecular flexibility index (Phi) is 5.60. The highest BCUT2D eigenvalue weighted by molar-refractivity contribution is 5.77. The molecule has 1 unspecified atom stereocenters. The van der Waals surface area contributed by atoms with Crippen LogP contribution in [0.5, 0.6) is 0 Å². The molecule has 0 saturated carbocycles. The van der Waals surface area contributed by atoms with Gasteiger partial charge in [0.25, 0.3) is 0 Å². The van der Waals surface area contributed by atoms with Crippen molar-refractivity contribution in [1.29, 1.82) is 0 Å². The molecule has 0 spiro atoms. The number of hydrogen-bond acceptors (Lipinski definition) is 4. The lowest BCUT2D eigenvalue weighted by molar-refractivity contribution is -0.271. The van der Waals surface area contributed by atoms with E-state index in [9.17, 15) is 23.1 Å². The molecule has 0 bridgehead atoms. The number of rotatable bonds is 6. The van der Waals surface area contributed by atoms with Crippen LogP contribution in [0.2, 0.25) is 0 Å². The minimum atomic E-state index is -5.04. The third-order valence-electron chi connectivity index (χ3n) is 4.02. The molecule has 1 heterocycles. The van der Waals surface area contributed by atoms with Crippen LogP contribution in [0.1, 0.15) is 17.8 Å². The standard InChI is InChI=1S/C17H21F3N4O2/c1-23(2)13-6-4-12(5-7-13)11-22-14(25)10-16(26,17(18,19)20)15-21-8-9-24(15)3/h4-9,26H,10-11H2,1-3H3,(H,22,25). The first kappa shape index (κ1) is 19.8. The Bertz CT molecular complexity index is 756. The third kappa shape index (κ3) is 4.16. The van der Waals surface area contributed by atoms with Crippen molar-refractivity contribution in [1.82, 2.24) is 14.9 Å². The fourth-order valence-corrected chi connectivity index (χ4v) is 2.48. The van der Waals surface area contributed by atoms with E-state index in [2.05, 4.69) is 10.3 Å². The van der Waals surface area contributed by atoms with Gasteiger partial charge in [0.2, 0.25) is 11.5 Å². The summed E-state index contributed by atoms with van der Waals surface area (Å²) >= 11 is 0. The second kappa shape index (κ2) is 7.36. The van der Waals surface area contributed by atoms with Crippen LogP contribution in [0.3, 0.4) is 0 Å². The van der Waals surface area contributed by atoms with Crippen LogP contribution in [0.25, 0.3) is 0 Å². The lowest BCUT2D eigenvalue weighted by atomic mass is 9.97. The van der Waals surface area contributed by atoms with E-state index in [0.717, 1.165) is 22.0 Å². The van der Waals surface area contributed by atoms with Gasteiger partial charge in [-0.25, -0.2) is 4.98 Å². The number of aromatic nitrogens is 2. The topological polar surface area (TPSA) is 70.4 Å². The van der Waals surface area contributed by atoms with E-state index in [4.69, 9.17) is 0 Å². The Morgan fingerprint density at radius 2 is 1.88 bits per heavy atom. The molecular weight excluding hydrogens is 349 g/mol. The molecular formula is C17H21F3N4O2. The number of carbonyl (C=O) groups is 1. The number of hydrogen-bond donors (Lipinski definition) is 2. The smallest absolute Gasteiger partial charge is 0.378 e. The molecule has 142 valence electrons. The van der Waals surface area contributed by atoms with Crippen LogP contribution in [0, 0.1) is 0 Å². The maximum absolute atomic E-state index is 13.4. The second-order valence-electron chi connectivity index (χ2n) is 6.23. The maximum atomic E-state index is 13.4. The Morgan fingerprint density at radius 1 is 1.27 bits per heavy atom. The van der Waals surface area contributed by atoms with E-state index in [1.54, 1.807) is 12.1 Å². The van der Waals surface area contributed by atoms with Crippen molar-refractivity contribution in [2.75, 3.05) is 19.0 Å². The molecule has 1 atom stereocenters. The molecule has 2 rings (SSSR count). The first-order valence-electron chi connectivity index (χ1n) is 7.84. The average Bonchev–Trinajstić information content (AvgIpc) is 2.98. The number of anilines is 1. The zero-order valence-corrected chi connectivity index (χ0v) is 14.7. The lowest BCUT2D eigenvalue weighted by Crippen LogP contribution is -2.47. The first-order chi connectivity index (χ1) is 12.0. The minimum absolute atomic E-state index is 0.0566. The normalized spacial score (nSPS) is 14.0. The summed E-state index contributed by atoms with van der Waals surface area (Å²) in [6.07, 6.45) is -3.81. The third-order valence-corrected chi connectivity index (χ3v) is 4.02. The molecule has 9 heteroatoms. The van der Waals surface area contributed by atoms with Crippen molar-refractivity contribution in [3.8, 4) is 0 Å². The molecule has 0 aliphatic carbocycles. The van der Waals surface area contributed by atoms with E-state index in [-0.39, 0.29) is 6.54 Å². The summed E-state index contributed by atoms with van der Waals surface area (Å²) in [6.45, 7) is 0.0566. The highest BCUT2D eigenvalue weighted by Crippen LogP contribution is 2.40. The number of benzene rings is 1. The van der Waals surface area contributed by atoms with Crippen LogP contribution in [0.4, 0.5) is 18.9 Å². The number of nitrogens with one attached hydrogen (secondary N) is 1. The molecule has 0 saturated heterocycles. The number of alkyl halides is 3. The van der Waals surface area contributed by atoms with Gasteiger partial charge in [-0.3, -0.25) is 4.79 Å². The van der Waals surface area contributed by atoms with E-state index < -0.39 is 29.9 Å². The van der Waals surface area contributed by atoms with Crippen molar-refractivity contribution in [3.05, 3.63) is 48.0 Å². The van der Waals surface area contributed by atoms with Crippen molar-refractivity contribution < 1.29 is 23.1 Å². The summed E-state index contributed by atoms with van der Waals surface area (Å²) < 4.78 is 41.3. The summed E-state index contributed by atoms with van der Waals surface area (Å²) in [5, 5.41) is 12.6. The van der Waals surface area contributed by atoms with Gasteiger partial charge in [-0.1, -0.05) is 12.1 Å². The van der Waals surface area contributed by atoms with Gasteiger partial charge >= 0.3 is 6.18 Å². The minimum Gasteiger partial charge on any atom is -0.378 e. The Morgan fingerprint density at radius 3 is 2.35 bits per heavy atom. The predicted octanol–water partition coefficient (Wildman–Crippen LogP) is 1.94. The quantitative estimate of drug-likeness (QED) is 0.815. The number of amides is 1. The second-order valence-corrected chi connectivity index (χ2v) is 6.23. The predicted molar refractivity (Wildman–Crippen MR) is 90.4 cm³/mol. The zero-order valence-electron chi connectivity index (χ0n) is 14.7. The van der Waals surface area contributed by atoms with E-state index in [0.29, 0.717) is 0 Å². The van der Waals surface area contributed by atoms with Gasteiger partial charge in [0.15, 0.2) is 5.82 Å². The highest BCUT2D eigenvalue weighted by Gasteiger charge is 2.58. The Labute approximate surface area is 149 Å². The van der Waals surface area contributed by atoms with Crippen molar-refractivity contribution in [3.63, 3.8) is 0 Å². The van der Waals surface area contributed by atoms with Crippen LogP contribution >= 0.6 is 0 Å². The SMILES string of the molecule is CN(C)c1ccc(CNC(=O)CC(O)(c2nccn2C)C(F)(F)F)cc1. The van der Waals surface area contributed by atoms with Gasteiger partial charge in [0.1, 0.15) is 0 Å². The van der Waals surface area contributed by atoms with Gasteiger partial charge in [-0.2, -0.15) is 13.2 Å². The largest absolute Gasteiger partial charge is 0.425 e. The van der Waals surface area contributed by atoms with E-state index in [1.807, 2.05) is 31.1 Å². The molecule has 1 aromatic carbocycles. The highest BCUT2D eigenvalue weighted by atomic mass is 19.4. The van der Waals surface area contributed by atoms with Crippen LogP contribution < -0.4 is 10.2 Å². The molecule has 0 aliphatic heterocycles. The molecule has 6 nitrogen and oxygen atoms in total. The Hall–Kier alpha value is -2.55. The number of aryl methyl sites for hydroxylation is 1. The average molecular weight is 370 g/mol. The Balaban J connectivity index is 2.07. The molecule has 1 aromatic heterocycles. The summed E-state index contributed by atoms with van der Waals surface area (Å²) in [5.74, 6) is -1.56. The monoisotopic (exact) mass is 370 g/mol. The number of halogens is 3. The van der Waals surface area contributed by atoms with Gasteiger partial charge < -0.3 is 19.9 Å². The molecule has 2 N–H and O–H groups in total. The summed E-state index contributed by atoms with van der Waals surface area (Å²) in [6, 6.07) is 7.21. The molecule has 0 fully saturated rings. The molecule has 0 radical (unpaired) electrons. The van der Waals surface area contributed by atoms with Gasteiger partial charge in [-0.05, 0) is 17.7 Å². The van der Waals surface area contributed by atoms with E-state index in [1.165, 1.54) is 13.2 Å². The zero-order chi connectivity index (χ0) is 19.5. The van der Waals surface area contributed by atoms with Crippen molar-refractivity contribution in [2.45, 2.75) is 24.7 Å². The first-order valence-corrected chi connectivity index (χ1v) is 7.84. The maximum Gasteiger partial charge on any atom is 0.425 e. The summed E-state index contributed by atoms with van der Waals surface area (Å²) in [7, 11) is 5.09. The van der Waals surface area contributed by atoms with Crippen LogP contribution in [0.15, 0.2) is 36.7 Å². The van der Waals surface area contributed by atoms with Crippen LogP contribution in [-0.2, 0) is 24.0 Å². The van der Waals surface area contributed by atoms with Crippen molar-refractivity contribution in [2.24, 2.45) is 7.05 Å². The summed E-state index contributed by atoms with van der Waals surface area (Å²) in [5.41, 5.74) is -1.66. The fraction of sp³-hybridized carbons (Fsp3) is 0.412. The molecule has 0 aliphatic rings. The van der Waals surface area contributed by atoms with Gasteiger partial charge in [0.05, 0.1) is 6.42 Å². The molecule has 2 aromatic rings. The van der Waals surface area contributed by atoms with Crippen LogP contribution in [-0.4, -0.2) is 40.8 Å². The number of carbonyl (C=O) groups excluding carboxylic acids is 1. The number of aliphatic hydroxyl groups is 1. The van der Waals surface area contributed by atoms with Gasteiger partial charge in [0, 0.05) is 45.8 Å². The molecule has 26 heavy (non-hydrogen) atoms. The summed E-state index contributed by atoms with van der Waals surface area (Å²) in [4.78, 5) is 17.5. The lowest BCUT2D eigenvalue weighted by Gasteiger charge is -2.29. The fourth-order valence-electron chi connectivity index (χ4n) is 2.48. The number of nitrogens with zero attached hydrogens (tertiary/aromatic N) is 3. The molecule has 1 amide bonds. The van der Waals surface area contributed by atoms with Crippen molar-refractivity contribution >= 4 is 11.6 Å². The number of imidazole rings is 1. The van der Waals surface area contributed by atoms with Gasteiger partial charge in [-0.15, -0.1) is 0 Å². The van der Waals surface area contributed by atoms with E-state index >= 15 is 0 Å².